The minimum absolute atomic E-state index is 0.789. The summed E-state index contributed by atoms with van der Waals surface area (Å²) < 4.78 is 0. The van der Waals surface area contributed by atoms with E-state index in [-0.39, 0.29) is 0 Å². The first kappa shape index (κ1) is 9.94. The predicted molar refractivity (Wildman–Crippen MR) is 66.2 cm³/mol. The molecular weight excluding hydrogens is 194 g/mol. The standard InChI is InChI=1S/C15H25N/c1-11-3-4-12(15(11)5-2-6-15)13-9-16-10-14(13)7-8-14/h11-13,16H,2-10H2,1H3. The molecule has 3 atom stereocenters. The van der Waals surface area contributed by atoms with E-state index in [1.807, 2.05) is 0 Å². The molecule has 0 aromatic heterocycles. The van der Waals surface area contributed by atoms with Crippen LogP contribution in [0.5, 0.6) is 0 Å². The molecule has 3 saturated carbocycles. The van der Waals surface area contributed by atoms with Crippen LogP contribution in [0, 0.1) is 28.6 Å². The molecule has 4 aliphatic rings. The van der Waals surface area contributed by atoms with E-state index in [0.29, 0.717) is 0 Å². The highest BCUT2D eigenvalue weighted by atomic mass is 15.0. The van der Waals surface area contributed by atoms with E-state index in [0.717, 1.165) is 28.6 Å². The number of rotatable bonds is 1. The van der Waals surface area contributed by atoms with Gasteiger partial charge in [0.15, 0.2) is 0 Å². The van der Waals surface area contributed by atoms with Crippen LogP contribution in [0.4, 0.5) is 0 Å². The molecule has 1 N–H and O–H groups in total. The van der Waals surface area contributed by atoms with E-state index in [2.05, 4.69) is 12.2 Å². The zero-order valence-electron chi connectivity index (χ0n) is 10.6. The Hall–Kier alpha value is -0.0400. The van der Waals surface area contributed by atoms with Crippen LogP contribution in [-0.4, -0.2) is 13.1 Å². The molecule has 0 amide bonds. The first-order valence-electron chi connectivity index (χ1n) is 7.48. The van der Waals surface area contributed by atoms with Gasteiger partial charge in [0.25, 0.3) is 0 Å². The van der Waals surface area contributed by atoms with Gasteiger partial charge in [-0.15, -0.1) is 0 Å². The largest absolute Gasteiger partial charge is 0.316 e. The van der Waals surface area contributed by atoms with Gasteiger partial charge in [0.05, 0.1) is 0 Å². The van der Waals surface area contributed by atoms with E-state index < -0.39 is 0 Å². The van der Waals surface area contributed by atoms with Crippen molar-refractivity contribution in [3.63, 3.8) is 0 Å². The maximum Gasteiger partial charge on any atom is 0.00112 e. The molecule has 3 unspecified atom stereocenters. The maximum absolute atomic E-state index is 3.70. The normalized spacial score (nSPS) is 47.4. The van der Waals surface area contributed by atoms with Crippen molar-refractivity contribution >= 4 is 0 Å². The van der Waals surface area contributed by atoms with Gasteiger partial charge in [0, 0.05) is 6.54 Å². The van der Waals surface area contributed by atoms with Crippen LogP contribution >= 0.6 is 0 Å². The lowest BCUT2D eigenvalue weighted by atomic mass is 9.55. The van der Waals surface area contributed by atoms with E-state index in [1.165, 1.54) is 38.8 Å². The second-order valence-corrected chi connectivity index (χ2v) is 7.27. The molecule has 90 valence electrons. The molecule has 1 nitrogen and oxygen atoms in total. The molecule has 0 bridgehead atoms. The van der Waals surface area contributed by atoms with Gasteiger partial charge >= 0.3 is 0 Å². The summed E-state index contributed by atoms with van der Waals surface area (Å²) in [5.74, 6) is 3.18. The second kappa shape index (κ2) is 3.04. The third kappa shape index (κ3) is 1.06. The molecule has 3 aliphatic carbocycles. The average Bonchev–Trinajstić information content (AvgIpc) is 2.70. The van der Waals surface area contributed by atoms with Crippen LogP contribution < -0.4 is 5.32 Å². The zero-order valence-corrected chi connectivity index (χ0v) is 10.6. The summed E-state index contributed by atoms with van der Waals surface area (Å²) in [5, 5.41) is 3.70. The first-order valence-corrected chi connectivity index (χ1v) is 7.48. The SMILES string of the molecule is CC1CCC(C2CNCC23CC3)C12CCC2. The minimum atomic E-state index is 0.789. The zero-order chi connectivity index (χ0) is 10.8. The van der Waals surface area contributed by atoms with Crippen molar-refractivity contribution in [1.82, 2.24) is 5.32 Å². The van der Waals surface area contributed by atoms with Crippen LogP contribution in [0.3, 0.4) is 0 Å². The van der Waals surface area contributed by atoms with Crippen molar-refractivity contribution in [1.29, 1.82) is 0 Å². The van der Waals surface area contributed by atoms with Crippen LogP contribution in [-0.2, 0) is 0 Å². The Labute approximate surface area is 99.4 Å². The van der Waals surface area contributed by atoms with Gasteiger partial charge in [-0.2, -0.15) is 0 Å². The lowest BCUT2D eigenvalue weighted by molar-refractivity contribution is -0.00359. The molecule has 2 spiro atoms. The highest BCUT2D eigenvalue weighted by Gasteiger charge is 2.62. The quantitative estimate of drug-likeness (QED) is 0.714. The molecule has 0 aromatic rings. The van der Waals surface area contributed by atoms with Crippen LogP contribution in [0.15, 0.2) is 0 Å². The minimum Gasteiger partial charge on any atom is -0.316 e. The Morgan fingerprint density at radius 1 is 1.00 bits per heavy atom. The lowest BCUT2D eigenvalue weighted by Crippen LogP contribution is -2.43. The van der Waals surface area contributed by atoms with Gasteiger partial charge in [0.2, 0.25) is 0 Å². The highest BCUT2D eigenvalue weighted by molar-refractivity contribution is 5.13. The highest BCUT2D eigenvalue weighted by Crippen LogP contribution is 2.67. The number of hydrogen-bond donors (Lipinski definition) is 1. The molecule has 1 saturated heterocycles. The second-order valence-electron chi connectivity index (χ2n) is 7.27. The van der Waals surface area contributed by atoms with Crippen molar-refractivity contribution in [3.05, 3.63) is 0 Å². The van der Waals surface area contributed by atoms with E-state index in [4.69, 9.17) is 0 Å². The molecule has 4 rings (SSSR count). The summed E-state index contributed by atoms with van der Waals surface area (Å²) in [5.41, 5.74) is 1.60. The van der Waals surface area contributed by atoms with Gasteiger partial charge in [0.1, 0.15) is 0 Å². The number of nitrogens with one attached hydrogen (secondary N) is 1. The molecule has 0 radical (unpaired) electrons. The molecule has 1 aliphatic heterocycles. The smallest absolute Gasteiger partial charge is 0.00112 e. The molecule has 4 fully saturated rings. The maximum atomic E-state index is 3.70. The van der Waals surface area contributed by atoms with Crippen LogP contribution in [0.2, 0.25) is 0 Å². The molecule has 1 heterocycles. The monoisotopic (exact) mass is 219 g/mol. The molecular formula is C15H25N. The van der Waals surface area contributed by atoms with Gasteiger partial charge < -0.3 is 5.32 Å². The van der Waals surface area contributed by atoms with E-state index in [9.17, 15) is 0 Å². The lowest BCUT2D eigenvalue weighted by Gasteiger charge is -2.50. The molecule has 0 aromatic carbocycles. The fourth-order valence-electron chi connectivity index (χ4n) is 5.52. The molecule has 1 heteroatoms. The predicted octanol–water partition coefficient (Wildman–Crippen LogP) is 3.20. The Bertz CT molecular complexity index is 301. The fraction of sp³-hybridized carbons (Fsp3) is 1.00. The Kier molecular flexibility index (Phi) is 1.89. The Morgan fingerprint density at radius 3 is 2.44 bits per heavy atom. The van der Waals surface area contributed by atoms with Crippen molar-refractivity contribution in [2.75, 3.05) is 13.1 Å². The van der Waals surface area contributed by atoms with Crippen molar-refractivity contribution in [2.24, 2.45) is 28.6 Å². The Morgan fingerprint density at radius 2 is 1.81 bits per heavy atom. The summed E-state index contributed by atoms with van der Waals surface area (Å²) in [7, 11) is 0. The van der Waals surface area contributed by atoms with Gasteiger partial charge in [-0.25, -0.2) is 0 Å². The van der Waals surface area contributed by atoms with E-state index in [1.54, 1.807) is 19.3 Å². The Balaban J connectivity index is 1.63. The van der Waals surface area contributed by atoms with Gasteiger partial charge in [-0.1, -0.05) is 13.3 Å². The average molecular weight is 219 g/mol. The summed E-state index contributed by atoms with van der Waals surface area (Å²) in [6, 6.07) is 0. The summed E-state index contributed by atoms with van der Waals surface area (Å²) >= 11 is 0. The van der Waals surface area contributed by atoms with Crippen molar-refractivity contribution in [2.45, 2.75) is 51.9 Å². The van der Waals surface area contributed by atoms with Gasteiger partial charge in [-0.05, 0) is 73.7 Å². The van der Waals surface area contributed by atoms with Crippen molar-refractivity contribution < 1.29 is 0 Å². The third-order valence-corrected chi connectivity index (χ3v) is 6.92. The van der Waals surface area contributed by atoms with Crippen molar-refractivity contribution in [3.8, 4) is 0 Å². The van der Waals surface area contributed by atoms with Gasteiger partial charge in [-0.3, -0.25) is 0 Å². The number of hydrogen-bond acceptors (Lipinski definition) is 1. The third-order valence-electron chi connectivity index (χ3n) is 6.92. The first-order chi connectivity index (χ1) is 7.77. The summed E-state index contributed by atoms with van der Waals surface area (Å²) in [6.07, 6.45) is 10.8. The fourth-order valence-corrected chi connectivity index (χ4v) is 5.52. The molecule has 16 heavy (non-hydrogen) atoms. The summed E-state index contributed by atoms with van der Waals surface area (Å²) in [6.45, 7) is 5.23. The topological polar surface area (TPSA) is 12.0 Å². The summed E-state index contributed by atoms with van der Waals surface area (Å²) in [4.78, 5) is 0. The van der Waals surface area contributed by atoms with E-state index >= 15 is 0 Å². The van der Waals surface area contributed by atoms with Crippen LogP contribution in [0.25, 0.3) is 0 Å². The van der Waals surface area contributed by atoms with Crippen LogP contribution in [0.1, 0.15) is 51.9 Å².